The van der Waals surface area contributed by atoms with Crippen molar-refractivity contribution in [3.63, 3.8) is 0 Å². The quantitative estimate of drug-likeness (QED) is 0.118. The third kappa shape index (κ3) is 10.0. The third-order valence-corrected chi connectivity index (χ3v) is 8.66. The van der Waals surface area contributed by atoms with Gasteiger partial charge in [0.2, 0.25) is 11.0 Å². The van der Waals surface area contributed by atoms with Gasteiger partial charge in [0.1, 0.15) is 5.70 Å². The number of carbonyl (C=O) groups excluding carboxylic acids is 2. The SMILES string of the molecule is Cc1cc(N(CCC#N)CCC#N)ccc1/C(Sc1ccccc1)=C(/NC(=O)/C=C/c1ccccc1)C(=O)Sc1ccccc1. The minimum absolute atomic E-state index is 0.182. The van der Waals surface area contributed by atoms with Gasteiger partial charge < -0.3 is 10.2 Å². The first kappa shape index (κ1) is 32.9. The molecule has 0 spiro atoms. The molecule has 0 heterocycles. The number of rotatable bonds is 13. The van der Waals surface area contributed by atoms with Gasteiger partial charge in [-0.1, -0.05) is 84.6 Å². The molecule has 45 heavy (non-hydrogen) atoms. The summed E-state index contributed by atoms with van der Waals surface area (Å²) in [7, 11) is 0. The monoisotopic (exact) mass is 628 g/mol. The van der Waals surface area contributed by atoms with Crippen molar-refractivity contribution in [2.75, 3.05) is 18.0 Å². The Hall–Kier alpha value is -5.02. The average molecular weight is 629 g/mol. The minimum Gasteiger partial charge on any atom is -0.369 e. The van der Waals surface area contributed by atoms with E-state index in [-0.39, 0.29) is 10.8 Å². The smallest absolute Gasteiger partial charge is 0.248 e. The molecule has 0 fully saturated rings. The van der Waals surface area contributed by atoms with Crippen LogP contribution in [0.25, 0.3) is 11.0 Å². The van der Waals surface area contributed by atoms with Gasteiger partial charge in [-0.05, 0) is 77.9 Å². The van der Waals surface area contributed by atoms with Gasteiger partial charge in [-0.25, -0.2) is 0 Å². The van der Waals surface area contributed by atoms with Crippen molar-refractivity contribution in [3.8, 4) is 12.1 Å². The predicted molar refractivity (Wildman–Crippen MR) is 184 cm³/mol. The van der Waals surface area contributed by atoms with Gasteiger partial charge in [-0.15, -0.1) is 0 Å². The molecule has 4 rings (SSSR count). The standard InChI is InChI=1S/C37H32N4O2S2/c1-28-27-30(41(25-11-23-38)26-12-24-39)20-21-33(28)36(44-31-15-7-3-8-16-31)35(37(43)45-32-17-9-4-10-18-32)40-34(42)22-19-29-13-5-2-6-14-29/h2-10,13-22,27H,11-12,25-26H2,1H3,(H,40,42)/b22-19+,36-35-. The molecule has 4 aromatic carbocycles. The second kappa shape index (κ2) is 17.3. The van der Waals surface area contributed by atoms with E-state index in [2.05, 4.69) is 17.5 Å². The molecule has 4 aromatic rings. The average Bonchev–Trinajstić information content (AvgIpc) is 3.07. The van der Waals surface area contributed by atoms with Crippen molar-refractivity contribution < 1.29 is 9.59 Å². The van der Waals surface area contributed by atoms with Crippen LogP contribution in [0.3, 0.4) is 0 Å². The lowest BCUT2D eigenvalue weighted by Crippen LogP contribution is -2.26. The first-order valence-electron chi connectivity index (χ1n) is 14.4. The zero-order chi connectivity index (χ0) is 31.9. The van der Waals surface area contributed by atoms with Crippen LogP contribution in [-0.2, 0) is 9.59 Å². The summed E-state index contributed by atoms with van der Waals surface area (Å²) in [6.45, 7) is 2.96. The minimum atomic E-state index is -0.421. The molecule has 0 bridgehead atoms. The Bertz CT molecular complexity index is 1720. The van der Waals surface area contributed by atoms with Gasteiger partial charge in [-0.2, -0.15) is 10.5 Å². The predicted octanol–water partition coefficient (Wildman–Crippen LogP) is 8.24. The second-order valence-corrected chi connectivity index (χ2v) is 12.0. The summed E-state index contributed by atoms with van der Waals surface area (Å²) in [5, 5.41) is 21.0. The summed E-state index contributed by atoms with van der Waals surface area (Å²) in [6.07, 6.45) is 3.81. The molecule has 1 amide bonds. The fourth-order valence-electron chi connectivity index (χ4n) is 4.43. The highest BCUT2D eigenvalue weighted by Gasteiger charge is 2.23. The summed E-state index contributed by atoms with van der Waals surface area (Å²) in [4.78, 5) is 31.7. The molecule has 0 atom stereocenters. The van der Waals surface area contributed by atoms with Crippen LogP contribution in [0, 0.1) is 29.6 Å². The van der Waals surface area contributed by atoms with E-state index in [9.17, 15) is 9.59 Å². The maximum absolute atomic E-state index is 14.0. The summed E-state index contributed by atoms with van der Waals surface area (Å²) in [5.74, 6) is -0.421. The fourth-order valence-corrected chi connectivity index (χ4v) is 6.38. The number of thioether (sulfide) groups is 2. The van der Waals surface area contributed by atoms with Crippen LogP contribution in [0.1, 0.15) is 29.5 Å². The van der Waals surface area contributed by atoms with Gasteiger partial charge in [0.25, 0.3) is 0 Å². The van der Waals surface area contributed by atoms with Crippen molar-refractivity contribution in [1.82, 2.24) is 5.32 Å². The third-order valence-electron chi connectivity index (χ3n) is 6.63. The number of anilines is 1. The van der Waals surface area contributed by atoms with Crippen LogP contribution in [0.4, 0.5) is 5.69 Å². The molecule has 0 unspecified atom stereocenters. The Balaban J connectivity index is 1.81. The van der Waals surface area contributed by atoms with Crippen LogP contribution < -0.4 is 10.2 Å². The topological polar surface area (TPSA) is 97.0 Å². The molecule has 0 aliphatic carbocycles. The lowest BCUT2D eigenvalue weighted by atomic mass is 10.1. The van der Waals surface area contributed by atoms with Crippen molar-refractivity contribution >= 4 is 51.2 Å². The van der Waals surface area contributed by atoms with E-state index in [4.69, 9.17) is 10.5 Å². The lowest BCUT2D eigenvalue weighted by molar-refractivity contribution is -0.117. The van der Waals surface area contributed by atoms with E-state index in [0.717, 1.165) is 43.9 Å². The molecule has 0 aromatic heterocycles. The van der Waals surface area contributed by atoms with Gasteiger partial charge in [-0.3, -0.25) is 9.59 Å². The number of carbonyl (C=O) groups is 2. The number of nitriles is 2. The maximum Gasteiger partial charge on any atom is 0.248 e. The van der Waals surface area contributed by atoms with Gasteiger partial charge >= 0.3 is 0 Å². The Labute approximate surface area is 273 Å². The largest absolute Gasteiger partial charge is 0.369 e. The van der Waals surface area contributed by atoms with Crippen molar-refractivity contribution in [3.05, 3.63) is 138 Å². The molecule has 1 N–H and O–H groups in total. The van der Waals surface area contributed by atoms with Crippen molar-refractivity contribution in [2.45, 2.75) is 29.6 Å². The molecule has 6 nitrogen and oxygen atoms in total. The zero-order valence-electron chi connectivity index (χ0n) is 24.9. The number of hydrogen-bond donors (Lipinski definition) is 1. The highest BCUT2D eigenvalue weighted by atomic mass is 32.2. The van der Waals surface area contributed by atoms with E-state index in [1.807, 2.05) is 121 Å². The summed E-state index contributed by atoms with van der Waals surface area (Å²) >= 11 is 2.46. The van der Waals surface area contributed by atoms with E-state index in [0.29, 0.717) is 30.8 Å². The molecular formula is C37H32N4O2S2. The van der Waals surface area contributed by atoms with E-state index < -0.39 is 5.91 Å². The molecule has 0 aliphatic rings. The number of aryl methyl sites for hydroxylation is 1. The molecular weight excluding hydrogens is 597 g/mol. The molecule has 0 radical (unpaired) electrons. The van der Waals surface area contributed by atoms with Gasteiger partial charge in [0.15, 0.2) is 0 Å². The second-order valence-electron chi connectivity index (χ2n) is 9.86. The Morgan fingerprint density at radius 2 is 1.33 bits per heavy atom. The van der Waals surface area contributed by atoms with Crippen LogP contribution in [0.15, 0.2) is 131 Å². The summed E-state index contributed by atoms with van der Waals surface area (Å²) < 4.78 is 0. The van der Waals surface area contributed by atoms with Crippen LogP contribution in [0.2, 0.25) is 0 Å². The van der Waals surface area contributed by atoms with E-state index in [1.165, 1.54) is 17.8 Å². The summed E-state index contributed by atoms with van der Waals surface area (Å²) in [6, 6.07) is 38.8. The van der Waals surface area contributed by atoms with Crippen LogP contribution in [0.5, 0.6) is 0 Å². The number of benzene rings is 4. The first-order valence-corrected chi connectivity index (χ1v) is 16.0. The van der Waals surface area contributed by atoms with E-state index in [1.54, 1.807) is 6.08 Å². The molecule has 0 saturated carbocycles. The highest BCUT2D eigenvalue weighted by molar-refractivity contribution is 8.14. The Morgan fingerprint density at radius 1 is 0.778 bits per heavy atom. The summed E-state index contributed by atoms with van der Waals surface area (Å²) in [5.41, 5.74) is 3.60. The maximum atomic E-state index is 14.0. The number of amides is 1. The number of hydrogen-bond acceptors (Lipinski definition) is 7. The molecule has 0 saturated heterocycles. The fraction of sp³-hybridized carbons (Fsp3) is 0.135. The zero-order valence-corrected chi connectivity index (χ0v) is 26.5. The van der Waals surface area contributed by atoms with Gasteiger partial charge in [0.05, 0.1) is 25.0 Å². The first-order chi connectivity index (χ1) is 22.0. The van der Waals surface area contributed by atoms with Crippen LogP contribution in [-0.4, -0.2) is 24.1 Å². The highest BCUT2D eigenvalue weighted by Crippen LogP contribution is 2.40. The Morgan fingerprint density at radius 3 is 1.89 bits per heavy atom. The van der Waals surface area contributed by atoms with E-state index >= 15 is 0 Å². The van der Waals surface area contributed by atoms with Crippen molar-refractivity contribution in [1.29, 1.82) is 10.5 Å². The molecule has 224 valence electrons. The molecule has 8 heteroatoms. The molecule has 0 aliphatic heterocycles. The van der Waals surface area contributed by atoms with Crippen LogP contribution >= 0.6 is 23.5 Å². The number of nitrogens with one attached hydrogen (secondary N) is 1. The lowest BCUT2D eigenvalue weighted by Gasteiger charge is -2.24. The Kier molecular flexibility index (Phi) is 12.7. The van der Waals surface area contributed by atoms with Gasteiger partial charge in [0, 0.05) is 39.5 Å². The van der Waals surface area contributed by atoms with Crippen molar-refractivity contribution in [2.24, 2.45) is 0 Å². The normalized spacial score (nSPS) is 11.3. The number of nitrogens with zero attached hydrogens (tertiary/aromatic N) is 3.